The Morgan fingerprint density at radius 1 is 1.00 bits per heavy atom. The van der Waals surface area contributed by atoms with Gasteiger partial charge in [-0.1, -0.05) is 63.2 Å². The number of aryl methyl sites for hydroxylation is 1. The zero-order valence-electron chi connectivity index (χ0n) is 16.9. The molecule has 3 rings (SSSR count). The Morgan fingerprint density at radius 2 is 1.71 bits per heavy atom. The van der Waals surface area contributed by atoms with Gasteiger partial charge in [0.05, 0.1) is 11.3 Å². The van der Waals surface area contributed by atoms with Crippen molar-refractivity contribution in [3.8, 4) is 0 Å². The molecule has 3 aromatic rings. The Hall–Kier alpha value is -3.14. The minimum absolute atomic E-state index is 0.0565. The predicted octanol–water partition coefficient (Wildman–Crippen LogP) is 5.55. The van der Waals surface area contributed by atoms with Gasteiger partial charge in [0.2, 0.25) is 0 Å². The minimum Gasteiger partial charge on any atom is -0.380 e. The van der Waals surface area contributed by atoms with Crippen molar-refractivity contribution in [2.75, 3.05) is 10.6 Å². The predicted molar refractivity (Wildman–Crippen MR) is 116 cm³/mol. The maximum absolute atomic E-state index is 12.8. The summed E-state index contributed by atoms with van der Waals surface area (Å²) in [7, 11) is 0. The summed E-state index contributed by atoms with van der Waals surface area (Å²) in [6, 6.07) is 18.0. The summed E-state index contributed by atoms with van der Waals surface area (Å²) in [6.07, 6.45) is 3.33. The molecule has 0 aliphatic heterocycles. The van der Waals surface area contributed by atoms with Gasteiger partial charge in [0, 0.05) is 24.6 Å². The van der Waals surface area contributed by atoms with Gasteiger partial charge >= 0.3 is 0 Å². The molecular weight excluding hydrogens is 346 g/mol. The topological polar surface area (TPSA) is 54.0 Å². The zero-order chi connectivity index (χ0) is 20.1. The summed E-state index contributed by atoms with van der Waals surface area (Å²) >= 11 is 0. The SMILES string of the molecule is Cc1ccccc1CNc1cncc(C(=O)Nc2ccccc2C(C)(C)C)c1. The van der Waals surface area contributed by atoms with Crippen LogP contribution < -0.4 is 10.6 Å². The van der Waals surface area contributed by atoms with E-state index in [1.165, 1.54) is 11.1 Å². The molecule has 0 aliphatic carbocycles. The standard InChI is InChI=1S/C24H27N3O/c1-17-9-5-6-10-18(17)15-26-20-13-19(14-25-16-20)23(28)27-22-12-8-7-11-21(22)24(2,3)4/h5-14,16,26H,15H2,1-4H3,(H,27,28). The molecule has 0 radical (unpaired) electrons. The summed E-state index contributed by atoms with van der Waals surface area (Å²) in [5.74, 6) is -0.163. The van der Waals surface area contributed by atoms with Crippen molar-refractivity contribution < 1.29 is 4.79 Å². The molecule has 2 aromatic carbocycles. The van der Waals surface area contributed by atoms with Gasteiger partial charge in [-0.25, -0.2) is 0 Å². The van der Waals surface area contributed by atoms with E-state index in [9.17, 15) is 4.79 Å². The average Bonchev–Trinajstić information content (AvgIpc) is 2.67. The molecule has 0 atom stereocenters. The fourth-order valence-corrected chi connectivity index (χ4v) is 3.11. The first-order chi connectivity index (χ1) is 13.3. The lowest BCUT2D eigenvalue weighted by Gasteiger charge is -2.23. The van der Waals surface area contributed by atoms with Crippen LogP contribution in [0.15, 0.2) is 67.0 Å². The molecule has 0 spiro atoms. The van der Waals surface area contributed by atoms with Gasteiger partial charge in [0.25, 0.3) is 5.91 Å². The number of benzene rings is 2. The quantitative estimate of drug-likeness (QED) is 0.616. The van der Waals surface area contributed by atoms with Crippen LogP contribution in [0.1, 0.15) is 47.8 Å². The molecule has 2 N–H and O–H groups in total. The van der Waals surface area contributed by atoms with Gasteiger partial charge in [0.1, 0.15) is 0 Å². The van der Waals surface area contributed by atoms with Crippen LogP contribution >= 0.6 is 0 Å². The van der Waals surface area contributed by atoms with E-state index in [0.29, 0.717) is 12.1 Å². The number of amides is 1. The van der Waals surface area contributed by atoms with Crippen LogP contribution in [-0.2, 0) is 12.0 Å². The molecule has 28 heavy (non-hydrogen) atoms. The third-order valence-corrected chi connectivity index (χ3v) is 4.73. The highest BCUT2D eigenvalue weighted by molar-refractivity contribution is 6.05. The van der Waals surface area contributed by atoms with Gasteiger partial charge in [-0.3, -0.25) is 9.78 Å². The highest BCUT2D eigenvalue weighted by Gasteiger charge is 2.19. The third-order valence-electron chi connectivity index (χ3n) is 4.73. The second-order valence-corrected chi connectivity index (χ2v) is 7.99. The van der Waals surface area contributed by atoms with E-state index in [-0.39, 0.29) is 11.3 Å². The molecule has 1 heterocycles. The normalized spacial score (nSPS) is 11.1. The van der Waals surface area contributed by atoms with Crippen LogP contribution in [0.25, 0.3) is 0 Å². The van der Waals surface area contributed by atoms with Crippen molar-refractivity contribution in [1.29, 1.82) is 0 Å². The van der Waals surface area contributed by atoms with E-state index in [0.717, 1.165) is 16.9 Å². The third kappa shape index (κ3) is 4.77. The van der Waals surface area contributed by atoms with E-state index in [1.54, 1.807) is 12.4 Å². The minimum atomic E-state index is -0.163. The summed E-state index contributed by atoms with van der Waals surface area (Å²) < 4.78 is 0. The summed E-state index contributed by atoms with van der Waals surface area (Å²) in [5.41, 5.74) is 5.67. The summed E-state index contributed by atoms with van der Waals surface area (Å²) in [6.45, 7) is 9.18. The number of nitrogens with zero attached hydrogens (tertiary/aromatic N) is 1. The van der Waals surface area contributed by atoms with E-state index >= 15 is 0 Å². The molecular formula is C24H27N3O. The lowest BCUT2D eigenvalue weighted by atomic mass is 9.86. The van der Waals surface area contributed by atoms with Crippen LogP contribution in [0.2, 0.25) is 0 Å². The van der Waals surface area contributed by atoms with Gasteiger partial charge in [-0.15, -0.1) is 0 Å². The van der Waals surface area contributed by atoms with Crippen molar-refractivity contribution in [3.63, 3.8) is 0 Å². The number of nitrogens with one attached hydrogen (secondary N) is 2. The molecule has 4 nitrogen and oxygen atoms in total. The average molecular weight is 374 g/mol. The number of rotatable bonds is 5. The maximum atomic E-state index is 12.8. The van der Waals surface area contributed by atoms with Crippen LogP contribution in [0.4, 0.5) is 11.4 Å². The first-order valence-corrected chi connectivity index (χ1v) is 9.49. The van der Waals surface area contributed by atoms with Crippen LogP contribution in [0.5, 0.6) is 0 Å². The largest absolute Gasteiger partial charge is 0.380 e. The van der Waals surface area contributed by atoms with E-state index in [4.69, 9.17) is 0 Å². The maximum Gasteiger partial charge on any atom is 0.257 e. The number of pyridine rings is 1. The van der Waals surface area contributed by atoms with E-state index < -0.39 is 0 Å². The number of anilines is 2. The van der Waals surface area contributed by atoms with Gasteiger partial charge in [0.15, 0.2) is 0 Å². The van der Waals surface area contributed by atoms with Crippen LogP contribution in [0.3, 0.4) is 0 Å². The Kier molecular flexibility index (Phi) is 5.78. The van der Waals surface area contributed by atoms with Crippen LogP contribution in [-0.4, -0.2) is 10.9 Å². The second kappa shape index (κ2) is 8.26. The van der Waals surface area contributed by atoms with Crippen molar-refractivity contribution in [3.05, 3.63) is 89.2 Å². The van der Waals surface area contributed by atoms with Gasteiger partial charge < -0.3 is 10.6 Å². The monoisotopic (exact) mass is 373 g/mol. The molecule has 0 saturated heterocycles. The Morgan fingerprint density at radius 3 is 2.46 bits per heavy atom. The molecule has 144 valence electrons. The highest BCUT2D eigenvalue weighted by atomic mass is 16.1. The lowest BCUT2D eigenvalue weighted by molar-refractivity contribution is 0.102. The van der Waals surface area contributed by atoms with Crippen molar-refractivity contribution in [1.82, 2.24) is 4.98 Å². The van der Waals surface area contributed by atoms with Gasteiger partial charge in [-0.2, -0.15) is 0 Å². The summed E-state index contributed by atoms with van der Waals surface area (Å²) in [5, 5.41) is 6.39. The number of aromatic nitrogens is 1. The van der Waals surface area contributed by atoms with Crippen molar-refractivity contribution in [2.24, 2.45) is 0 Å². The Bertz CT molecular complexity index is 973. The lowest BCUT2D eigenvalue weighted by Crippen LogP contribution is -2.19. The molecule has 0 fully saturated rings. The van der Waals surface area contributed by atoms with Gasteiger partial charge in [-0.05, 0) is 41.2 Å². The molecule has 1 aromatic heterocycles. The molecule has 0 bridgehead atoms. The number of para-hydroxylation sites is 1. The molecule has 1 amide bonds. The Balaban J connectivity index is 1.74. The van der Waals surface area contributed by atoms with E-state index in [2.05, 4.69) is 55.4 Å². The number of hydrogen-bond donors (Lipinski definition) is 2. The van der Waals surface area contributed by atoms with Crippen molar-refractivity contribution in [2.45, 2.75) is 39.7 Å². The smallest absolute Gasteiger partial charge is 0.257 e. The van der Waals surface area contributed by atoms with Crippen LogP contribution in [0, 0.1) is 6.92 Å². The first-order valence-electron chi connectivity index (χ1n) is 9.49. The molecule has 0 saturated carbocycles. The fourth-order valence-electron chi connectivity index (χ4n) is 3.11. The molecule has 0 unspecified atom stereocenters. The van der Waals surface area contributed by atoms with Crippen molar-refractivity contribution >= 4 is 17.3 Å². The summed E-state index contributed by atoms with van der Waals surface area (Å²) in [4.78, 5) is 17.0. The number of hydrogen-bond acceptors (Lipinski definition) is 3. The second-order valence-electron chi connectivity index (χ2n) is 7.99. The molecule has 0 aliphatic rings. The molecule has 4 heteroatoms. The first kappa shape index (κ1) is 19.6. The highest BCUT2D eigenvalue weighted by Crippen LogP contribution is 2.29. The van der Waals surface area contributed by atoms with E-state index in [1.807, 2.05) is 42.5 Å². The zero-order valence-corrected chi connectivity index (χ0v) is 16.9. The number of carbonyl (C=O) groups excluding carboxylic acids is 1. The Labute approximate surface area is 167 Å². The fraction of sp³-hybridized carbons (Fsp3) is 0.250. The number of carbonyl (C=O) groups is 1.